The number of furan rings is 3. The molecule has 22 nitrogen and oxygen atoms in total. The Morgan fingerprint density at radius 1 is 0.524 bits per heavy atom. The Morgan fingerprint density at radius 2 is 0.940 bits per heavy atom. The van der Waals surface area contributed by atoms with Gasteiger partial charge in [0.25, 0.3) is 11.8 Å². The third-order valence-corrected chi connectivity index (χ3v) is 17.0. The Kier molecular flexibility index (Phi) is 20.1. The number of carbonyl (C=O) groups excluding carboxylic acids is 6. The summed E-state index contributed by atoms with van der Waals surface area (Å²) in [7, 11) is 0. The smallest absolute Gasteiger partial charge is 0.260 e. The molecular weight excluding hydrogens is 1140 g/mol. The van der Waals surface area contributed by atoms with E-state index in [1.165, 1.54) is 53.8 Å². The van der Waals surface area contributed by atoms with Crippen LogP contribution in [0.5, 0.6) is 0 Å². The molecule has 4 aliphatic heterocycles. The fraction of sp³-hybridized carbons (Fsp3) is 0.356. The van der Waals surface area contributed by atoms with Gasteiger partial charge in [0.15, 0.2) is 50.0 Å². The van der Waals surface area contributed by atoms with Crippen LogP contribution in [0.3, 0.4) is 0 Å². The highest BCUT2D eigenvalue weighted by Crippen LogP contribution is 2.38. The number of rotatable bonds is 16. The Labute approximate surface area is 494 Å². The molecule has 0 aliphatic carbocycles. The van der Waals surface area contributed by atoms with Crippen LogP contribution < -0.4 is 16.0 Å². The molecule has 0 aromatic carbocycles. The first-order valence-electron chi connectivity index (χ1n) is 27.4. The fourth-order valence-electron chi connectivity index (χ4n) is 9.44. The van der Waals surface area contributed by atoms with Crippen molar-refractivity contribution in [1.82, 2.24) is 34.8 Å². The van der Waals surface area contributed by atoms with Gasteiger partial charge in [-0.05, 0) is 107 Å². The molecule has 4 aliphatic rings. The zero-order chi connectivity index (χ0) is 58.4. The summed E-state index contributed by atoms with van der Waals surface area (Å²) < 4.78 is 32.5. The van der Waals surface area contributed by atoms with Crippen LogP contribution in [0.4, 0.5) is 15.4 Å². The molecule has 436 valence electrons. The molecule has 84 heavy (non-hydrogen) atoms. The Balaban J connectivity index is 0.000000140. The first-order chi connectivity index (χ1) is 40.9. The van der Waals surface area contributed by atoms with E-state index in [1.54, 1.807) is 61.7 Å². The summed E-state index contributed by atoms with van der Waals surface area (Å²) >= 11 is 3.55. The van der Waals surface area contributed by atoms with Crippen LogP contribution in [0.2, 0.25) is 0 Å². The van der Waals surface area contributed by atoms with E-state index in [2.05, 4.69) is 62.9 Å². The van der Waals surface area contributed by atoms with Crippen molar-refractivity contribution in [3.8, 4) is 34.4 Å². The predicted octanol–water partition coefficient (Wildman–Crippen LogP) is 10.5. The lowest BCUT2D eigenvalue weighted by atomic mass is 9.94. The van der Waals surface area contributed by atoms with E-state index < -0.39 is 0 Å². The molecule has 8 aromatic rings. The number of pyridine rings is 1. The number of hydrogen-bond donors (Lipinski definition) is 3. The molecule has 12 rings (SSSR count). The van der Waals surface area contributed by atoms with Gasteiger partial charge in [0.05, 0.1) is 36.5 Å². The highest BCUT2D eigenvalue weighted by molar-refractivity contribution is 7.19. The highest BCUT2D eigenvalue weighted by atomic mass is 32.1. The maximum absolute atomic E-state index is 13.1. The third-order valence-electron chi connectivity index (χ3n) is 14.0. The highest BCUT2D eigenvalue weighted by Gasteiger charge is 2.33. The number of thiazole rings is 3. The summed E-state index contributed by atoms with van der Waals surface area (Å²) in [4.78, 5) is 106. The average molecular weight is 1200 g/mol. The van der Waals surface area contributed by atoms with Crippen molar-refractivity contribution < 1.29 is 56.2 Å². The van der Waals surface area contributed by atoms with Gasteiger partial charge in [0.2, 0.25) is 5.91 Å². The minimum atomic E-state index is -0.384. The van der Waals surface area contributed by atoms with E-state index in [0.29, 0.717) is 166 Å². The summed E-state index contributed by atoms with van der Waals surface area (Å²) in [5.74, 6) is 1.06. The van der Waals surface area contributed by atoms with Gasteiger partial charge >= 0.3 is 0 Å². The fourth-order valence-corrected chi connectivity index (χ4v) is 12.4. The number of aromatic nitrogens is 6. The van der Waals surface area contributed by atoms with Gasteiger partial charge in [-0.25, -0.2) is 24.9 Å². The van der Waals surface area contributed by atoms with Gasteiger partial charge in [-0.15, -0.1) is 0 Å². The molecule has 0 atom stereocenters. The van der Waals surface area contributed by atoms with Crippen molar-refractivity contribution in [2.24, 2.45) is 17.8 Å². The van der Waals surface area contributed by atoms with E-state index >= 15 is 0 Å². The number of hydrogen-bond acceptors (Lipinski definition) is 22. The number of nitrogens with one attached hydrogen (secondary N) is 3. The van der Waals surface area contributed by atoms with E-state index in [9.17, 15) is 28.8 Å². The first-order valence-corrected chi connectivity index (χ1v) is 29.9. The number of ether oxygens (including phenoxy) is 3. The van der Waals surface area contributed by atoms with Crippen LogP contribution in [0.1, 0.15) is 106 Å². The number of aryl methyl sites for hydroxylation is 2. The lowest BCUT2D eigenvalue weighted by Gasteiger charge is -2.21. The van der Waals surface area contributed by atoms with Gasteiger partial charge in [0, 0.05) is 94.8 Å². The molecule has 12 heterocycles. The van der Waals surface area contributed by atoms with Gasteiger partial charge < -0.3 is 32.8 Å². The van der Waals surface area contributed by atoms with E-state index in [-0.39, 0.29) is 52.8 Å². The van der Waals surface area contributed by atoms with Crippen LogP contribution >= 0.6 is 34.0 Å². The van der Waals surface area contributed by atoms with Gasteiger partial charge in [-0.3, -0.25) is 49.3 Å². The number of nitrogens with zero attached hydrogens (tertiary/aromatic N) is 7. The van der Waals surface area contributed by atoms with Crippen molar-refractivity contribution in [3.63, 3.8) is 0 Å². The van der Waals surface area contributed by atoms with Crippen molar-refractivity contribution in [3.05, 3.63) is 135 Å². The first kappa shape index (κ1) is 59.1. The second kappa shape index (κ2) is 28.5. The number of anilines is 3. The summed E-state index contributed by atoms with van der Waals surface area (Å²) in [6.45, 7) is 9.04. The van der Waals surface area contributed by atoms with Gasteiger partial charge in [0.1, 0.15) is 37.5 Å². The second-order valence-corrected chi connectivity index (χ2v) is 22.9. The lowest BCUT2D eigenvalue weighted by Crippen LogP contribution is -2.35. The number of amides is 3. The summed E-state index contributed by atoms with van der Waals surface area (Å²) in [6.07, 6.45) is 18.3. The monoisotopic (exact) mass is 1200 g/mol. The van der Waals surface area contributed by atoms with Gasteiger partial charge in [-0.1, -0.05) is 46.2 Å². The molecule has 3 fully saturated rings. The number of carbonyl (C=O) groups is 6. The molecule has 8 aromatic heterocycles. The molecular formula is C59H60N10O12S3. The van der Waals surface area contributed by atoms with Crippen LogP contribution in [-0.4, -0.2) is 129 Å². The van der Waals surface area contributed by atoms with Crippen molar-refractivity contribution in [2.45, 2.75) is 58.8 Å². The molecule has 0 spiro atoms. The Morgan fingerprint density at radius 3 is 1.32 bits per heavy atom. The summed E-state index contributed by atoms with van der Waals surface area (Å²) in [6, 6.07) is 14.0. The molecule has 0 radical (unpaired) electrons. The third kappa shape index (κ3) is 15.2. The predicted molar refractivity (Wildman–Crippen MR) is 314 cm³/mol. The van der Waals surface area contributed by atoms with Crippen molar-refractivity contribution in [2.75, 3.05) is 75.2 Å². The van der Waals surface area contributed by atoms with Crippen LogP contribution in [0, 0.1) is 31.6 Å². The van der Waals surface area contributed by atoms with E-state index in [1.807, 2.05) is 6.92 Å². The zero-order valence-corrected chi connectivity index (χ0v) is 48.5. The van der Waals surface area contributed by atoms with Gasteiger partial charge in [-0.2, -0.15) is 0 Å². The quantitative estimate of drug-likeness (QED) is 0.0598. The zero-order valence-electron chi connectivity index (χ0n) is 46.0. The van der Waals surface area contributed by atoms with Crippen molar-refractivity contribution in [1.29, 1.82) is 0 Å². The molecule has 3 N–H and O–H groups in total. The van der Waals surface area contributed by atoms with E-state index in [0.717, 1.165) is 36.5 Å². The molecule has 0 unspecified atom stereocenters. The standard InChI is InChI=1S/C20H19N3O4S.C20H23N3O4S.C19H18N4O4S/c1-12-4-5-14(11-21-12)19(25)23-20-22-16(15-3-2-8-27-15)18(28-20)17(24)13-6-9-26-10-7-13;24-16(13-23-8-2-1-3-9-23)21-20-22-17(15-5-4-10-27-15)19(28-20)18(25)14-6-11-26-12-7-14;1-11-20-9-13(10-21-11)18(25)23-19-22-15(14-3-2-6-27-14)17(28-19)16(24)12-4-7-26-8-5-12/h2-5,8,11,13H,6-7,9-10H2,1H3,(H,22,23,25);1-2,4-5,10,14H,3,6-9,11-13H2,(H,21,22,24);2-3,6,9-10,12H,4-5,7-8H2,1H3,(H,22,23,25). The van der Waals surface area contributed by atoms with Crippen molar-refractivity contribution >= 4 is 84.5 Å². The SMILES string of the molecule is Cc1ccc(C(=O)Nc2nc(-c3ccco3)c(C(=O)C3CCOCC3)s2)cn1.Cc1ncc(C(=O)Nc2nc(-c3ccco3)c(C(=O)C3CCOCC3)s2)cn1.O=C(CN1CC=CCC1)Nc1nc(-c2ccco2)c(C(=O)C2CCOCC2)s1. The topological polar surface area (TPSA) is 286 Å². The van der Waals surface area contributed by atoms with Crippen LogP contribution in [-0.2, 0) is 19.0 Å². The maximum Gasteiger partial charge on any atom is 0.260 e. The molecule has 3 amide bonds. The largest absolute Gasteiger partial charge is 0.463 e. The molecule has 0 bridgehead atoms. The van der Waals surface area contributed by atoms with Crippen LogP contribution in [0.25, 0.3) is 34.4 Å². The normalized spacial score (nSPS) is 15.9. The van der Waals surface area contributed by atoms with E-state index in [4.69, 9.17) is 27.5 Å². The second-order valence-electron chi connectivity index (χ2n) is 19.9. The molecule has 0 saturated carbocycles. The average Bonchev–Trinajstić information content (AvgIpc) is 4.60. The lowest BCUT2D eigenvalue weighted by molar-refractivity contribution is -0.117. The number of ketones is 3. The Hall–Kier alpha value is -8.04. The maximum atomic E-state index is 13.1. The minimum absolute atomic E-state index is 0.00590. The van der Waals surface area contributed by atoms with Crippen LogP contribution in [0.15, 0.2) is 111 Å². The molecule has 25 heteroatoms. The summed E-state index contributed by atoms with van der Waals surface area (Å²) in [5.41, 5.74) is 2.99. The molecule has 3 saturated heterocycles. The summed E-state index contributed by atoms with van der Waals surface area (Å²) in [5, 5.41) is 9.46. The Bertz CT molecular complexity index is 3380. The minimum Gasteiger partial charge on any atom is -0.463 e. The number of Topliss-reactive ketones (excluding diaryl/α,β-unsaturated/α-hetero) is 3.